The van der Waals surface area contributed by atoms with Gasteiger partial charge in [-0.1, -0.05) is 122 Å². The lowest BCUT2D eigenvalue weighted by atomic mass is 9.67. The van der Waals surface area contributed by atoms with Gasteiger partial charge in [0.2, 0.25) is 0 Å². The highest BCUT2D eigenvalue weighted by atomic mass is 16.5. The van der Waals surface area contributed by atoms with Gasteiger partial charge in [-0.2, -0.15) is 0 Å². The van der Waals surface area contributed by atoms with E-state index >= 15 is 0 Å². The van der Waals surface area contributed by atoms with E-state index in [1.165, 1.54) is 43.8 Å². The van der Waals surface area contributed by atoms with Crippen LogP contribution in [0.2, 0.25) is 0 Å². The molecule has 0 fully saturated rings. The summed E-state index contributed by atoms with van der Waals surface area (Å²) in [6.07, 6.45) is 0. The van der Waals surface area contributed by atoms with Crippen molar-refractivity contribution in [2.24, 2.45) is 0 Å². The molecule has 254 valence electrons. The van der Waals surface area contributed by atoms with Crippen molar-refractivity contribution in [2.75, 3.05) is 0 Å². The molecule has 53 heavy (non-hydrogen) atoms. The molecule has 0 saturated heterocycles. The molecule has 4 nitrogen and oxygen atoms in total. The van der Waals surface area contributed by atoms with Crippen LogP contribution in [0.4, 0.5) is 0 Å². The van der Waals surface area contributed by atoms with Gasteiger partial charge in [-0.05, 0) is 127 Å². The molecule has 1 aliphatic rings. The zero-order chi connectivity index (χ0) is 36.4. The molecule has 9 rings (SSSR count). The minimum atomic E-state index is -0.697. The number of esters is 2. The molecule has 0 heterocycles. The van der Waals surface area contributed by atoms with Gasteiger partial charge in [0.1, 0.15) is 11.5 Å². The summed E-state index contributed by atoms with van der Waals surface area (Å²) >= 11 is 0. The standard InChI is InChI=1S/C49H34O4/c1-29(2)47(50)52-39-21-15-33-25-37(19-13-35(33)27-39)49(38-20-14-36-28-40(22-16-34(36)26-38)53-48(51)30(3)4)43-23-17-31-9-5-7-11-41(31)45(43)46-42-12-8-6-10-32(42)18-24-44(46)49/h5-28H,1,3H2,2,4H3. The van der Waals surface area contributed by atoms with E-state index in [0.29, 0.717) is 22.6 Å². The summed E-state index contributed by atoms with van der Waals surface area (Å²) in [5.41, 5.74) is 7.12. The summed E-state index contributed by atoms with van der Waals surface area (Å²) in [4.78, 5) is 24.7. The van der Waals surface area contributed by atoms with Gasteiger partial charge in [0.25, 0.3) is 0 Å². The van der Waals surface area contributed by atoms with Crippen molar-refractivity contribution < 1.29 is 19.1 Å². The predicted molar refractivity (Wildman–Crippen MR) is 215 cm³/mol. The smallest absolute Gasteiger partial charge is 0.338 e. The molecule has 0 aromatic heterocycles. The lowest BCUT2D eigenvalue weighted by Crippen LogP contribution is -2.28. The average Bonchev–Trinajstić information content (AvgIpc) is 3.49. The SMILES string of the molecule is C=C(C)C(=O)Oc1ccc2cc(C3(c4ccc5cc(OC(=O)C(=C)C)ccc5c4)c4ccc5ccccc5c4-c4c3ccc3ccccc43)ccc2c1. The molecule has 0 unspecified atom stereocenters. The quantitative estimate of drug-likeness (QED) is 0.0992. The van der Waals surface area contributed by atoms with E-state index in [1.54, 1.807) is 13.8 Å². The van der Waals surface area contributed by atoms with E-state index in [0.717, 1.165) is 32.7 Å². The molecular weight excluding hydrogens is 653 g/mol. The van der Waals surface area contributed by atoms with E-state index < -0.39 is 17.4 Å². The maximum Gasteiger partial charge on any atom is 0.338 e. The van der Waals surface area contributed by atoms with Crippen molar-refractivity contribution in [1.29, 1.82) is 0 Å². The van der Waals surface area contributed by atoms with E-state index in [4.69, 9.17) is 9.47 Å². The molecule has 0 aliphatic heterocycles. The fourth-order valence-electron chi connectivity index (χ4n) is 8.07. The molecule has 8 aromatic rings. The Labute approximate surface area is 307 Å². The Morgan fingerprint density at radius 3 is 1.26 bits per heavy atom. The topological polar surface area (TPSA) is 52.6 Å². The first-order valence-corrected chi connectivity index (χ1v) is 17.6. The second kappa shape index (κ2) is 12.2. The van der Waals surface area contributed by atoms with Crippen molar-refractivity contribution in [3.63, 3.8) is 0 Å². The van der Waals surface area contributed by atoms with Gasteiger partial charge in [0.05, 0.1) is 5.41 Å². The summed E-state index contributed by atoms with van der Waals surface area (Å²) in [7, 11) is 0. The number of benzene rings is 8. The Bertz CT molecular complexity index is 2700. The maximum absolute atomic E-state index is 12.3. The summed E-state index contributed by atoms with van der Waals surface area (Å²) in [6, 6.07) is 51.1. The fourth-order valence-corrected chi connectivity index (χ4v) is 8.07. The summed E-state index contributed by atoms with van der Waals surface area (Å²) < 4.78 is 11.2. The minimum absolute atomic E-state index is 0.348. The maximum atomic E-state index is 12.3. The Hall–Kier alpha value is -6.78. The molecule has 0 bridgehead atoms. The Morgan fingerprint density at radius 2 is 0.830 bits per heavy atom. The zero-order valence-corrected chi connectivity index (χ0v) is 29.4. The first-order valence-electron chi connectivity index (χ1n) is 17.6. The summed E-state index contributed by atoms with van der Waals surface area (Å²) in [5, 5.41) is 8.76. The van der Waals surface area contributed by atoms with Crippen LogP contribution in [0.3, 0.4) is 0 Å². The third kappa shape index (κ3) is 5.06. The third-order valence-electron chi connectivity index (χ3n) is 10.5. The predicted octanol–water partition coefficient (Wildman–Crippen LogP) is 11.6. The number of hydrogen-bond acceptors (Lipinski definition) is 4. The number of hydrogen-bond donors (Lipinski definition) is 0. The highest BCUT2D eigenvalue weighted by molar-refractivity contribution is 6.12. The second-order valence-electron chi connectivity index (χ2n) is 14.0. The zero-order valence-electron chi connectivity index (χ0n) is 29.4. The van der Waals surface area contributed by atoms with Crippen molar-refractivity contribution >= 4 is 55.0 Å². The van der Waals surface area contributed by atoms with Crippen LogP contribution in [-0.2, 0) is 15.0 Å². The van der Waals surface area contributed by atoms with Crippen LogP contribution in [0.1, 0.15) is 36.1 Å². The van der Waals surface area contributed by atoms with E-state index in [2.05, 4.69) is 122 Å². The van der Waals surface area contributed by atoms with Crippen LogP contribution < -0.4 is 9.47 Å². The van der Waals surface area contributed by atoms with Crippen LogP contribution in [0, 0.1) is 0 Å². The first-order chi connectivity index (χ1) is 25.7. The number of ether oxygens (including phenoxy) is 2. The highest BCUT2D eigenvalue weighted by Gasteiger charge is 2.47. The van der Waals surface area contributed by atoms with Crippen molar-refractivity contribution in [3.05, 3.63) is 192 Å². The van der Waals surface area contributed by atoms with Crippen LogP contribution in [0.5, 0.6) is 11.5 Å². The van der Waals surface area contributed by atoms with Crippen molar-refractivity contribution in [3.8, 4) is 22.6 Å². The van der Waals surface area contributed by atoms with Gasteiger partial charge in [0.15, 0.2) is 0 Å². The van der Waals surface area contributed by atoms with Crippen LogP contribution in [0.25, 0.3) is 54.2 Å². The number of rotatable bonds is 6. The number of carbonyl (C=O) groups is 2. The third-order valence-corrected chi connectivity index (χ3v) is 10.5. The summed E-state index contributed by atoms with van der Waals surface area (Å²) in [6.45, 7) is 10.7. The Balaban J connectivity index is 1.34. The van der Waals surface area contributed by atoms with Gasteiger partial charge in [-0.15, -0.1) is 0 Å². The van der Waals surface area contributed by atoms with Crippen LogP contribution in [0.15, 0.2) is 170 Å². The molecule has 0 radical (unpaired) electrons. The normalized spacial score (nSPS) is 12.8. The van der Waals surface area contributed by atoms with Gasteiger partial charge in [-0.25, -0.2) is 9.59 Å². The molecule has 8 aromatic carbocycles. The highest BCUT2D eigenvalue weighted by Crippen LogP contribution is 2.60. The Kier molecular flexibility index (Phi) is 7.39. The van der Waals surface area contributed by atoms with Gasteiger partial charge in [-0.3, -0.25) is 0 Å². The molecular formula is C49H34O4. The van der Waals surface area contributed by atoms with E-state index in [-0.39, 0.29) is 0 Å². The first kappa shape index (κ1) is 32.1. The van der Waals surface area contributed by atoms with E-state index in [9.17, 15) is 9.59 Å². The minimum Gasteiger partial charge on any atom is -0.423 e. The molecule has 1 aliphatic carbocycles. The van der Waals surface area contributed by atoms with Gasteiger partial charge < -0.3 is 9.47 Å². The molecule has 4 heteroatoms. The molecule has 0 N–H and O–H groups in total. The molecule has 0 spiro atoms. The summed E-state index contributed by atoms with van der Waals surface area (Å²) in [5.74, 6) is 0.0579. The Morgan fingerprint density at radius 1 is 0.453 bits per heavy atom. The largest absolute Gasteiger partial charge is 0.423 e. The molecule has 0 amide bonds. The van der Waals surface area contributed by atoms with Crippen LogP contribution >= 0.6 is 0 Å². The molecule has 0 atom stereocenters. The molecule has 0 saturated carbocycles. The van der Waals surface area contributed by atoms with Gasteiger partial charge in [0, 0.05) is 11.1 Å². The number of carbonyl (C=O) groups excluding carboxylic acids is 2. The van der Waals surface area contributed by atoms with E-state index in [1.807, 2.05) is 36.4 Å². The number of fused-ring (bicyclic) bond motifs is 9. The van der Waals surface area contributed by atoms with Crippen molar-refractivity contribution in [1.82, 2.24) is 0 Å². The van der Waals surface area contributed by atoms with Crippen LogP contribution in [-0.4, -0.2) is 11.9 Å². The lowest BCUT2D eigenvalue weighted by Gasteiger charge is -2.34. The lowest BCUT2D eigenvalue weighted by molar-refractivity contribution is -0.130. The van der Waals surface area contributed by atoms with Crippen molar-refractivity contribution in [2.45, 2.75) is 19.3 Å². The average molecular weight is 687 g/mol. The van der Waals surface area contributed by atoms with Gasteiger partial charge >= 0.3 is 11.9 Å². The fraction of sp³-hybridized carbons (Fsp3) is 0.0612. The second-order valence-corrected chi connectivity index (χ2v) is 14.0. The monoisotopic (exact) mass is 686 g/mol.